The maximum absolute atomic E-state index is 12.3. The molecule has 5 nitrogen and oxygen atoms in total. The molecule has 0 saturated carbocycles. The van der Waals surface area contributed by atoms with Crippen LogP contribution < -0.4 is 11.1 Å². The first kappa shape index (κ1) is 18.7. The van der Waals surface area contributed by atoms with Crippen molar-refractivity contribution in [3.8, 4) is 0 Å². The van der Waals surface area contributed by atoms with Gasteiger partial charge in [-0.15, -0.1) is 12.4 Å². The molecule has 0 aromatic rings. The van der Waals surface area contributed by atoms with E-state index in [1.807, 2.05) is 0 Å². The Bertz CT molecular complexity index is 333. The molecule has 0 aromatic carbocycles. The van der Waals surface area contributed by atoms with Crippen molar-refractivity contribution in [2.24, 2.45) is 17.6 Å². The number of carbonyl (C=O) groups excluding carboxylic acids is 1. The molecule has 0 aromatic heterocycles. The summed E-state index contributed by atoms with van der Waals surface area (Å²) in [5.41, 5.74) is 5.44. The lowest BCUT2D eigenvalue weighted by Gasteiger charge is -2.36. The molecule has 2 saturated heterocycles. The van der Waals surface area contributed by atoms with E-state index in [9.17, 15) is 4.79 Å². The van der Waals surface area contributed by atoms with Gasteiger partial charge in [0.2, 0.25) is 5.91 Å². The fourth-order valence-corrected chi connectivity index (χ4v) is 3.18. The molecule has 1 amide bonds. The number of amides is 1. The van der Waals surface area contributed by atoms with Gasteiger partial charge < -0.3 is 20.5 Å². The standard InChI is InChI=1S/C15H28N2O3.ClH/c1-11(2)13-12(4-3-7-20-13)10-17-14(18)15(16)5-8-19-9-6-15;/h11-13H,3-10,16H2,1-2H3,(H,17,18);1H. The first-order valence-electron chi connectivity index (χ1n) is 7.79. The average molecular weight is 321 g/mol. The summed E-state index contributed by atoms with van der Waals surface area (Å²) >= 11 is 0. The van der Waals surface area contributed by atoms with E-state index in [1.54, 1.807) is 0 Å². The number of hydrogen-bond acceptors (Lipinski definition) is 4. The predicted octanol–water partition coefficient (Wildman–Crippen LogP) is 1.48. The summed E-state index contributed by atoms with van der Waals surface area (Å²) in [7, 11) is 0. The molecule has 0 radical (unpaired) electrons. The Balaban J connectivity index is 0.00000220. The van der Waals surface area contributed by atoms with Gasteiger partial charge in [0.25, 0.3) is 0 Å². The van der Waals surface area contributed by atoms with Gasteiger partial charge in [0, 0.05) is 32.3 Å². The number of ether oxygens (including phenoxy) is 2. The van der Waals surface area contributed by atoms with Crippen molar-refractivity contribution in [1.82, 2.24) is 5.32 Å². The largest absolute Gasteiger partial charge is 0.381 e. The third-order valence-corrected chi connectivity index (χ3v) is 4.51. The van der Waals surface area contributed by atoms with E-state index in [4.69, 9.17) is 15.2 Å². The van der Waals surface area contributed by atoms with Crippen LogP contribution in [0.15, 0.2) is 0 Å². The SMILES string of the molecule is CC(C)C1OCCCC1CNC(=O)C1(N)CCOCC1.Cl. The van der Waals surface area contributed by atoms with Crippen LogP contribution in [0.1, 0.15) is 39.5 Å². The quantitative estimate of drug-likeness (QED) is 0.823. The molecule has 124 valence electrons. The topological polar surface area (TPSA) is 73.6 Å². The van der Waals surface area contributed by atoms with Crippen LogP contribution in [-0.4, -0.2) is 43.9 Å². The summed E-state index contributed by atoms with van der Waals surface area (Å²) in [5, 5.41) is 3.05. The van der Waals surface area contributed by atoms with E-state index in [1.165, 1.54) is 0 Å². The van der Waals surface area contributed by atoms with E-state index in [2.05, 4.69) is 19.2 Å². The van der Waals surface area contributed by atoms with Gasteiger partial charge in [-0.1, -0.05) is 13.8 Å². The fraction of sp³-hybridized carbons (Fsp3) is 0.933. The van der Waals surface area contributed by atoms with Crippen molar-refractivity contribution in [3.63, 3.8) is 0 Å². The van der Waals surface area contributed by atoms with Crippen molar-refractivity contribution in [2.75, 3.05) is 26.4 Å². The van der Waals surface area contributed by atoms with Crippen LogP contribution in [0.3, 0.4) is 0 Å². The van der Waals surface area contributed by atoms with Crippen molar-refractivity contribution in [2.45, 2.75) is 51.2 Å². The van der Waals surface area contributed by atoms with Gasteiger partial charge in [-0.2, -0.15) is 0 Å². The van der Waals surface area contributed by atoms with E-state index in [-0.39, 0.29) is 24.4 Å². The molecule has 2 heterocycles. The zero-order valence-electron chi connectivity index (χ0n) is 13.1. The van der Waals surface area contributed by atoms with Gasteiger partial charge in [-0.25, -0.2) is 0 Å². The van der Waals surface area contributed by atoms with Crippen LogP contribution in [0.25, 0.3) is 0 Å². The normalized spacial score (nSPS) is 28.8. The summed E-state index contributed by atoms with van der Waals surface area (Å²) < 4.78 is 11.1. The van der Waals surface area contributed by atoms with Gasteiger partial charge in [0.1, 0.15) is 0 Å². The highest BCUT2D eigenvalue weighted by atomic mass is 35.5. The monoisotopic (exact) mass is 320 g/mol. The van der Waals surface area contributed by atoms with E-state index >= 15 is 0 Å². The van der Waals surface area contributed by atoms with Crippen LogP contribution in [0, 0.1) is 11.8 Å². The Morgan fingerprint density at radius 2 is 2.00 bits per heavy atom. The molecule has 2 unspecified atom stereocenters. The summed E-state index contributed by atoms with van der Waals surface area (Å²) in [6.07, 6.45) is 3.64. The smallest absolute Gasteiger partial charge is 0.240 e. The third kappa shape index (κ3) is 4.81. The highest BCUT2D eigenvalue weighted by Crippen LogP contribution is 2.26. The molecule has 2 fully saturated rings. The van der Waals surface area contributed by atoms with Crippen LogP contribution in [0.5, 0.6) is 0 Å². The molecule has 0 spiro atoms. The van der Waals surface area contributed by atoms with E-state index < -0.39 is 5.54 Å². The second-order valence-electron chi connectivity index (χ2n) is 6.46. The van der Waals surface area contributed by atoms with E-state index in [0.29, 0.717) is 44.4 Å². The lowest BCUT2D eigenvalue weighted by molar-refractivity contribution is -0.130. The summed E-state index contributed by atoms with van der Waals surface area (Å²) in [6.45, 7) is 7.00. The molecule has 0 bridgehead atoms. The van der Waals surface area contributed by atoms with Crippen LogP contribution >= 0.6 is 12.4 Å². The molecule has 2 aliphatic rings. The second-order valence-corrected chi connectivity index (χ2v) is 6.46. The summed E-state index contributed by atoms with van der Waals surface area (Å²) in [4.78, 5) is 12.3. The van der Waals surface area contributed by atoms with Gasteiger partial charge in [0.05, 0.1) is 11.6 Å². The van der Waals surface area contributed by atoms with Crippen molar-refractivity contribution in [3.05, 3.63) is 0 Å². The number of halogens is 1. The average Bonchev–Trinajstić information content (AvgIpc) is 2.45. The maximum Gasteiger partial charge on any atom is 0.240 e. The Morgan fingerprint density at radius 1 is 1.33 bits per heavy atom. The van der Waals surface area contributed by atoms with Crippen molar-refractivity contribution >= 4 is 18.3 Å². The lowest BCUT2D eigenvalue weighted by atomic mass is 9.86. The number of hydrogen-bond donors (Lipinski definition) is 2. The van der Waals surface area contributed by atoms with Crippen LogP contribution in [0.2, 0.25) is 0 Å². The molecule has 2 atom stereocenters. The Labute approximate surface area is 133 Å². The Kier molecular flexibility index (Phi) is 7.40. The Morgan fingerprint density at radius 3 is 2.62 bits per heavy atom. The molecule has 2 rings (SSSR count). The number of nitrogens with one attached hydrogen (secondary N) is 1. The van der Waals surface area contributed by atoms with Gasteiger partial charge in [-0.3, -0.25) is 4.79 Å². The molecule has 21 heavy (non-hydrogen) atoms. The number of rotatable bonds is 4. The molecule has 2 aliphatic heterocycles. The minimum atomic E-state index is -0.749. The molecule has 3 N–H and O–H groups in total. The maximum atomic E-state index is 12.3. The zero-order chi connectivity index (χ0) is 14.6. The van der Waals surface area contributed by atoms with Gasteiger partial charge >= 0.3 is 0 Å². The second kappa shape index (κ2) is 8.32. The molecule has 0 aliphatic carbocycles. The summed E-state index contributed by atoms with van der Waals surface area (Å²) in [5.74, 6) is 0.845. The van der Waals surface area contributed by atoms with Gasteiger partial charge in [0.15, 0.2) is 0 Å². The third-order valence-electron chi connectivity index (χ3n) is 4.51. The van der Waals surface area contributed by atoms with Crippen LogP contribution in [0.4, 0.5) is 0 Å². The number of carbonyl (C=O) groups is 1. The van der Waals surface area contributed by atoms with Crippen molar-refractivity contribution < 1.29 is 14.3 Å². The fourth-order valence-electron chi connectivity index (χ4n) is 3.18. The van der Waals surface area contributed by atoms with Crippen LogP contribution in [-0.2, 0) is 14.3 Å². The molecular weight excluding hydrogens is 292 g/mol. The van der Waals surface area contributed by atoms with Gasteiger partial charge in [-0.05, 0) is 31.6 Å². The zero-order valence-corrected chi connectivity index (χ0v) is 13.9. The lowest BCUT2D eigenvalue weighted by Crippen LogP contribution is -2.58. The van der Waals surface area contributed by atoms with E-state index in [0.717, 1.165) is 19.4 Å². The minimum absolute atomic E-state index is 0. The predicted molar refractivity (Wildman–Crippen MR) is 84.5 cm³/mol. The van der Waals surface area contributed by atoms with Crippen molar-refractivity contribution in [1.29, 1.82) is 0 Å². The Hall–Kier alpha value is -0.360. The summed E-state index contributed by atoms with van der Waals surface area (Å²) in [6, 6.07) is 0. The first-order chi connectivity index (χ1) is 9.53. The molecule has 6 heteroatoms. The minimum Gasteiger partial charge on any atom is -0.381 e. The number of nitrogens with two attached hydrogens (primary N) is 1. The molecular formula is C15H29ClN2O3. The first-order valence-corrected chi connectivity index (χ1v) is 7.79. The highest BCUT2D eigenvalue weighted by molar-refractivity contribution is 5.86. The highest BCUT2D eigenvalue weighted by Gasteiger charge is 2.37.